The van der Waals surface area contributed by atoms with Crippen LogP contribution in [0, 0.1) is 5.41 Å². The molecule has 2 atom stereocenters. The number of likely N-dealkylation sites (tertiary alicyclic amines) is 1. The molecule has 0 aromatic heterocycles. The molecule has 2 aliphatic heterocycles. The minimum absolute atomic E-state index is 0.0240. The fourth-order valence-electron chi connectivity index (χ4n) is 3.81. The van der Waals surface area contributed by atoms with Crippen molar-refractivity contribution in [2.45, 2.75) is 25.4 Å². The minimum atomic E-state index is -0.109. The maximum absolute atomic E-state index is 12.6. The molecule has 1 aromatic carbocycles. The highest BCUT2D eigenvalue weighted by Gasteiger charge is 2.47. The summed E-state index contributed by atoms with van der Waals surface area (Å²) in [5.74, 6) is 0.742. The fraction of sp³-hybridized carbons (Fsp3) is 0.550. The van der Waals surface area contributed by atoms with Gasteiger partial charge in [0.05, 0.1) is 19.3 Å². The van der Waals surface area contributed by atoms with E-state index in [1.807, 2.05) is 35.2 Å². The molecule has 136 valence electrons. The Hall–Kier alpha value is -1.85. The van der Waals surface area contributed by atoms with Crippen molar-refractivity contribution in [2.24, 2.45) is 5.41 Å². The average molecular weight is 345 g/mol. The molecule has 0 unspecified atom stereocenters. The van der Waals surface area contributed by atoms with Crippen LogP contribution in [0.25, 0.3) is 0 Å². The monoisotopic (exact) mass is 345 g/mol. The van der Waals surface area contributed by atoms with Gasteiger partial charge >= 0.3 is 0 Å². The summed E-state index contributed by atoms with van der Waals surface area (Å²) < 4.78 is 17.4. The fourth-order valence-corrected chi connectivity index (χ4v) is 3.81. The zero-order valence-electron chi connectivity index (χ0n) is 14.7. The number of ether oxygens (including phenoxy) is 3. The standard InChI is InChI=1S/C20H27NO4/c1-2-12-23-16-20-10-6-13-24-18(20)9-11-21(15-20)19(22)14-25-17-7-4-3-5-8-17/h2-5,7-8,18H,1,6,9-16H2/t18-,20-/m0/s1. The van der Waals surface area contributed by atoms with Crippen molar-refractivity contribution in [1.29, 1.82) is 0 Å². The van der Waals surface area contributed by atoms with Gasteiger partial charge in [-0.2, -0.15) is 0 Å². The lowest BCUT2D eigenvalue weighted by Crippen LogP contribution is -2.58. The Labute approximate surface area is 149 Å². The predicted octanol–water partition coefficient (Wildman–Crippen LogP) is 2.67. The molecular weight excluding hydrogens is 318 g/mol. The summed E-state index contributed by atoms with van der Waals surface area (Å²) in [4.78, 5) is 14.5. The molecule has 0 bridgehead atoms. The number of carbonyl (C=O) groups is 1. The molecule has 2 aliphatic rings. The van der Waals surface area contributed by atoms with E-state index in [0.717, 1.165) is 31.6 Å². The van der Waals surface area contributed by atoms with Crippen LogP contribution in [0.1, 0.15) is 19.3 Å². The number of amides is 1. The third kappa shape index (κ3) is 4.41. The average Bonchev–Trinajstić information content (AvgIpc) is 2.66. The molecule has 2 heterocycles. The summed E-state index contributed by atoms with van der Waals surface area (Å²) in [6.45, 7) is 7.09. The van der Waals surface area contributed by atoms with E-state index in [1.165, 1.54) is 0 Å². The number of hydrogen-bond acceptors (Lipinski definition) is 4. The van der Waals surface area contributed by atoms with E-state index in [2.05, 4.69) is 6.58 Å². The molecule has 1 aromatic rings. The molecule has 0 saturated carbocycles. The minimum Gasteiger partial charge on any atom is -0.484 e. The molecule has 1 amide bonds. The van der Waals surface area contributed by atoms with Crippen molar-refractivity contribution in [3.63, 3.8) is 0 Å². The van der Waals surface area contributed by atoms with Crippen molar-refractivity contribution >= 4 is 5.91 Å². The molecule has 2 fully saturated rings. The molecular formula is C20H27NO4. The SMILES string of the molecule is C=CCOC[C@@]12CCCO[C@H]1CCN(C(=O)COc1ccccc1)C2. The topological polar surface area (TPSA) is 48.0 Å². The van der Waals surface area contributed by atoms with Crippen LogP contribution in [0.15, 0.2) is 43.0 Å². The number of para-hydroxylation sites is 1. The first-order valence-electron chi connectivity index (χ1n) is 8.99. The number of fused-ring (bicyclic) bond motifs is 1. The first-order valence-corrected chi connectivity index (χ1v) is 8.99. The number of nitrogens with zero attached hydrogens (tertiary/aromatic N) is 1. The quantitative estimate of drug-likeness (QED) is 0.563. The van der Waals surface area contributed by atoms with Crippen LogP contribution >= 0.6 is 0 Å². The Morgan fingerprint density at radius 1 is 1.40 bits per heavy atom. The van der Waals surface area contributed by atoms with Crippen molar-refractivity contribution in [1.82, 2.24) is 4.90 Å². The number of piperidine rings is 1. The molecule has 0 N–H and O–H groups in total. The molecule has 25 heavy (non-hydrogen) atoms. The van der Waals surface area contributed by atoms with Gasteiger partial charge in [-0.1, -0.05) is 24.3 Å². The van der Waals surface area contributed by atoms with E-state index in [9.17, 15) is 4.79 Å². The van der Waals surface area contributed by atoms with E-state index in [4.69, 9.17) is 14.2 Å². The number of hydrogen-bond donors (Lipinski definition) is 0. The maximum atomic E-state index is 12.6. The third-order valence-corrected chi connectivity index (χ3v) is 5.07. The molecule has 2 saturated heterocycles. The highest BCUT2D eigenvalue weighted by atomic mass is 16.5. The summed E-state index contributed by atoms with van der Waals surface area (Å²) in [6, 6.07) is 9.45. The largest absolute Gasteiger partial charge is 0.484 e. The van der Waals surface area contributed by atoms with Crippen LogP contribution in [-0.4, -0.2) is 56.4 Å². The number of benzene rings is 1. The van der Waals surface area contributed by atoms with E-state index < -0.39 is 0 Å². The van der Waals surface area contributed by atoms with Gasteiger partial charge in [0.1, 0.15) is 5.75 Å². The Kier molecular flexibility index (Phi) is 6.10. The van der Waals surface area contributed by atoms with Gasteiger partial charge in [-0.05, 0) is 31.4 Å². The van der Waals surface area contributed by atoms with Gasteiger partial charge in [0.25, 0.3) is 5.91 Å². The van der Waals surface area contributed by atoms with Gasteiger partial charge in [-0.3, -0.25) is 4.79 Å². The summed E-state index contributed by atoms with van der Waals surface area (Å²) in [7, 11) is 0. The molecule has 0 radical (unpaired) electrons. The first-order chi connectivity index (χ1) is 12.2. The summed E-state index contributed by atoms with van der Waals surface area (Å²) in [6.07, 6.45) is 4.82. The van der Waals surface area contributed by atoms with Gasteiger partial charge in [-0.15, -0.1) is 6.58 Å². The highest BCUT2D eigenvalue weighted by Crippen LogP contribution is 2.40. The van der Waals surface area contributed by atoms with Gasteiger partial charge in [0.2, 0.25) is 0 Å². The van der Waals surface area contributed by atoms with Gasteiger partial charge in [0, 0.05) is 25.1 Å². The second-order valence-corrected chi connectivity index (χ2v) is 6.83. The highest BCUT2D eigenvalue weighted by molar-refractivity contribution is 5.78. The zero-order valence-corrected chi connectivity index (χ0v) is 14.7. The normalized spacial score (nSPS) is 25.9. The van der Waals surface area contributed by atoms with Crippen LogP contribution in [-0.2, 0) is 14.3 Å². The third-order valence-electron chi connectivity index (χ3n) is 5.07. The van der Waals surface area contributed by atoms with Crippen LogP contribution in [0.5, 0.6) is 5.75 Å². The Bertz CT molecular complexity index is 576. The Morgan fingerprint density at radius 2 is 2.24 bits per heavy atom. The van der Waals surface area contributed by atoms with E-state index in [1.54, 1.807) is 6.08 Å². The van der Waals surface area contributed by atoms with Crippen LogP contribution in [0.3, 0.4) is 0 Å². The van der Waals surface area contributed by atoms with Crippen LogP contribution in [0.2, 0.25) is 0 Å². The molecule has 0 spiro atoms. The van der Waals surface area contributed by atoms with E-state index in [0.29, 0.717) is 26.3 Å². The lowest BCUT2D eigenvalue weighted by Gasteiger charge is -2.50. The van der Waals surface area contributed by atoms with Crippen molar-refractivity contribution in [2.75, 3.05) is 39.5 Å². The lowest BCUT2D eigenvalue weighted by atomic mass is 9.73. The molecule has 5 nitrogen and oxygen atoms in total. The second kappa shape index (κ2) is 8.50. The molecule has 0 aliphatic carbocycles. The van der Waals surface area contributed by atoms with Gasteiger partial charge in [0.15, 0.2) is 6.61 Å². The first kappa shape index (κ1) is 18.0. The number of rotatable bonds is 7. The van der Waals surface area contributed by atoms with Crippen LogP contribution < -0.4 is 4.74 Å². The van der Waals surface area contributed by atoms with Crippen molar-refractivity contribution in [3.05, 3.63) is 43.0 Å². The van der Waals surface area contributed by atoms with E-state index >= 15 is 0 Å². The summed E-state index contributed by atoms with van der Waals surface area (Å²) in [5, 5.41) is 0. The maximum Gasteiger partial charge on any atom is 0.260 e. The molecule has 3 rings (SSSR count). The van der Waals surface area contributed by atoms with E-state index in [-0.39, 0.29) is 24.0 Å². The van der Waals surface area contributed by atoms with Crippen molar-refractivity contribution in [3.8, 4) is 5.75 Å². The smallest absolute Gasteiger partial charge is 0.260 e. The zero-order chi connectivity index (χ0) is 17.5. The molecule has 5 heteroatoms. The Balaban J connectivity index is 1.60. The number of carbonyl (C=O) groups excluding carboxylic acids is 1. The van der Waals surface area contributed by atoms with Gasteiger partial charge in [-0.25, -0.2) is 0 Å². The predicted molar refractivity (Wildman–Crippen MR) is 95.6 cm³/mol. The second-order valence-electron chi connectivity index (χ2n) is 6.83. The summed E-state index contributed by atoms with van der Waals surface area (Å²) >= 11 is 0. The van der Waals surface area contributed by atoms with Crippen molar-refractivity contribution < 1.29 is 19.0 Å². The lowest BCUT2D eigenvalue weighted by molar-refractivity contribution is -0.164. The Morgan fingerprint density at radius 3 is 3.04 bits per heavy atom. The summed E-state index contributed by atoms with van der Waals surface area (Å²) in [5.41, 5.74) is -0.109. The van der Waals surface area contributed by atoms with Gasteiger partial charge < -0.3 is 19.1 Å². The van der Waals surface area contributed by atoms with Crippen LogP contribution in [0.4, 0.5) is 0 Å².